The minimum absolute atomic E-state index is 0.00270. The molecule has 1 aliphatic carbocycles. The van der Waals surface area contributed by atoms with Gasteiger partial charge in [-0.3, -0.25) is 14.4 Å². The zero-order valence-corrected chi connectivity index (χ0v) is 13.0. The smallest absolute Gasteiger partial charge is 0.311 e. The molecule has 1 rings (SSSR count). The van der Waals surface area contributed by atoms with Crippen LogP contribution in [-0.4, -0.2) is 48.4 Å². The summed E-state index contributed by atoms with van der Waals surface area (Å²) in [6, 6.07) is 0. The van der Waals surface area contributed by atoms with Crippen LogP contribution in [0.5, 0.6) is 0 Å². The van der Waals surface area contributed by atoms with Gasteiger partial charge in [0.25, 0.3) is 0 Å². The summed E-state index contributed by atoms with van der Waals surface area (Å²) >= 11 is 0. The van der Waals surface area contributed by atoms with E-state index in [-0.39, 0.29) is 24.8 Å². The molecule has 1 aliphatic rings. The van der Waals surface area contributed by atoms with Crippen LogP contribution < -0.4 is 5.32 Å². The van der Waals surface area contributed by atoms with Gasteiger partial charge in [0.05, 0.1) is 5.41 Å². The van der Waals surface area contributed by atoms with Crippen molar-refractivity contribution in [2.24, 2.45) is 5.41 Å². The fraction of sp³-hybridized carbons (Fsp3) is 0.800. The molecule has 0 aromatic heterocycles. The molecular formula is C15H26N2O4. The molecular weight excluding hydrogens is 272 g/mol. The summed E-state index contributed by atoms with van der Waals surface area (Å²) in [7, 11) is 3.37. The molecule has 0 spiro atoms. The number of carboxylic acids is 1. The van der Waals surface area contributed by atoms with Gasteiger partial charge < -0.3 is 15.3 Å². The summed E-state index contributed by atoms with van der Waals surface area (Å²) in [6.07, 6.45) is 5.21. The quantitative estimate of drug-likeness (QED) is 0.743. The van der Waals surface area contributed by atoms with Gasteiger partial charge in [-0.05, 0) is 19.3 Å². The Morgan fingerprint density at radius 2 is 1.71 bits per heavy atom. The second-order valence-electron chi connectivity index (χ2n) is 6.06. The van der Waals surface area contributed by atoms with Crippen LogP contribution in [0.2, 0.25) is 0 Å². The van der Waals surface area contributed by atoms with Crippen molar-refractivity contribution >= 4 is 17.8 Å². The van der Waals surface area contributed by atoms with Gasteiger partial charge in [-0.25, -0.2) is 0 Å². The average Bonchev–Trinajstić information content (AvgIpc) is 2.45. The van der Waals surface area contributed by atoms with Crippen LogP contribution in [0.25, 0.3) is 0 Å². The summed E-state index contributed by atoms with van der Waals surface area (Å²) in [5.74, 6) is -0.991. The molecule has 0 bridgehead atoms. The normalized spacial score (nSPS) is 17.0. The Bertz CT molecular complexity index is 387. The maximum atomic E-state index is 11.8. The van der Waals surface area contributed by atoms with E-state index in [4.69, 9.17) is 0 Å². The molecule has 120 valence electrons. The van der Waals surface area contributed by atoms with Crippen molar-refractivity contribution in [3.63, 3.8) is 0 Å². The number of nitrogens with one attached hydrogen (secondary N) is 1. The van der Waals surface area contributed by atoms with Crippen LogP contribution >= 0.6 is 0 Å². The molecule has 0 atom stereocenters. The molecule has 1 saturated carbocycles. The van der Waals surface area contributed by atoms with Crippen LogP contribution in [0.4, 0.5) is 0 Å². The van der Waals surface area contributed by atoms with Crippen molar-refractivity contribution in [3.8, 4) is 0 Å². The number of aliphatic carboxylic acids is 1. The first-order chi connectivity index (χ1) is 9.87. The van der Waals surface area contributed by atoms with Crippen molar-refractivity contribution in [3.05, 3.63) is 0 Å². The van der Waals surface area contributed by atoms with Crippen LogP contribution in [0, 0.1) is 5.41 Å². The molecule has 0 heterocycles. The van der Waals surface area contributed by atoms with Crippen molar-refractivity contribution in [1.29, 1.82) is 0 Å². The Morgan fingerprint density at radius 3 is 2.24 bits per heavy atom. The molecule has 0 radical (unpaired) electrons. The number of amides is 2. The van der Waals surface area contributed by atoms with Gasteiger partial charge >= 0.3 is 5.97 Å². The highest BCUT2D eigenvalue weighted by molar-refractivity contribution is 5.80. The highest BCUT2D eigenvalue weighted by atomic mass is 16.4. The lowest BCUT2D eigenvalue weighted by molar-refractivity contribution is -0.151. The van der Waals surface area contributed by atoms with Crippen LogP contribution in [-0.2, 0) is 14.4 Å². The molecule has 6 nitrogen and oxygen atoms in total. The van der Waals surface area contributed by atoms with Gasteiger partial charge in [0.1, 0.15) is 0 Å². The molecule has 0 aromatic carbocycles. The number of carbonyl (C=O) groups excluding carboxylic acids is 2. The SMILES string of the molecule is CN(C)C(=O)CCCC(=O)NCC1(C(=O)O)CCCCC1. The van der Waals surface area contributed by atoms with Crippen molar-refractivity contribution in [2.45, 2.75) is 51.4 Å². The second kappa shape index (κ2) is 8.00. The Balaban J connectivity index is 2.34. The third kappa shape index (κ3) is 5.36. The molecule has 6 heteroatoms. The van der Waals surface area contributed by atoms with Crippen molar-refractivity contribution < 1.29 is 19.5 Å². The first-order valence-electron chi connectivity index (χ1n) is 7.58. The standard InChI is InChI=1S/C15H26N2O4/c1-17(2)13(19)8-6-7-12(18)16-11-15(14(20)21)9-4-3-5-10-15/h3-11H2,1-2H3,(H,16,18)(H,20,21). The maximum Gasteiger partial charge on any atom is 0.311 e. The first-order valence-corrected chi connectivity index (χ1v) is 7.58. The molecule has 1 fully saturated rings. The fourth-order valence-corrected chi connectivity index (χ4v) is 2.67. The van der Waals surface area contributed by atoms with E-state index >= 15 is 0 Å². The maximum absolute atomic E-state index is 11.8. The monoisotopic (exact) mass is 298 g/mol. The summed E-state index contributed by atoms with van der Waals surface area (Å²) in [4.78, 5) is 36.1. The molecule has 0 unspecified atom stereocenters. The first kappa shape index (κ1) is 17.5. The largest absolute Gasteiger partial charge is 0.481 e. The Labute approximate surface area is 125 Å². The summed E-state index contributed by atoms with van der Waals surface area (Å²) in [5, 5.41) is 12.1. The number of hydrogen-bond donors (Lipinski definition) is 2. The highest BCUT2D eigenvalue weighted by Crippen LogP contribution is 2.36. The lowest BCUT2D eigenvalue weighted by atomic mass is 9.74. The van der Waals surface area contributed by atoms with E-state index in [2.05, 4.69) is 5.32 Å². The highest BCUT2D eigenvalue weighted by Gasteiger charge is 2.39. The number of nitrogens with zero attached hydrogens (tertiary/aromatic N) is 1. The third-order valence-electron chi connectivity index (χ3n) is 4.18. The zero-order valence-electron chi connectivity index (χ0n) is 13.0. The molecule has 0 aliphatic heterocycles. The van der Waals surface area contributed by atoms with Crippen LogP contribution in [0.15, 0.2) is 0 Å². The third-order valence-corrected chi connectivity index (χ3v) is 4.18. The lowest BCUT2D eigenvalue weighted by Crippen LogP contribution is -2.44. The summed E-state index contributed by atoms with van der Waals surface area (Å²) in [5.41, 5.74) is -0.798. The molecule has 0 aromatic rings. The Kier molecular flexibility index (Phi) is 6.65. The summed E-state index contributed by atoms with van der Waals surface area (Å²) < 4.78 is 0. The fourth-order valence-electron chi connectivity index (χ4n) is 2.67. The van der Waals surface area contributed by atoms with Gasteiger partial charge in [-0.15, -0.1) is 0 Å². The van der Waals surface area contributed by atoms with Gasteiger partial charge in [-0.1, -0.05) is 19.3 Å². The van der Waals surface area contributed by atoms with E-state index < -0.39 is 11.4 Å². The van der Waals surface area contributed by atoms with Gasteiger partial charge in [0, 0.05) is 33.5 Å². The minimum atomic E-state index is -0.815. The topological polar surface area (TPSA) is 86.7 Å². The number of carboxylic acid groups (broad SMARTS) is 1. The molecule has 2 N–H and O–H groups in total. The van der Waals surface area contributed by atoms with Crippen molar-refractivity contribution in [1.82, 2.24) is 10.2 Å². The average molecular weight is 298 g/mol. The van der Waals surface area contributed by atoms with Crippen molar-refractivity contribution in [2.75, 3.05) is 20.6 Å². The molecule has 21 heavy (non-hydrogen) atoms. The number of hydrogen-bond acceptors (Lipinski definition) is 3. The number of carbonyl (C=O) groups is 3. The lowest BCUT2D eigenvalue weighted by Gasteiger charge is -2.33. The van der Waals surface area contributed by atoms with E-state index in [1.165, 1.54) is 4.90 Å². The van der Waals surface area contributed by atoms with E-state index in [0.29, 0.717) is 25.7 Å². The van der Waals surface area contributed by atoms with E-state index in [9.17, 15) is 19.5 Å². The zero-order chi connectivity index (χ0) is 15.9. The predicted octanol–water partition coefficient (Wildman–Crippen LogP) is 1.40. The molecule has 0 saturated heterocycles. The van der Waals surface area contributed by atoms with E-state index in [0.717, 1.165) is 19.3 Å². The van der Waals surface area contributed by atoms with Gasteiger partial charge in [-0.2, -0.15) is 0 Å². The van der Waals surface area contributed by atoms with Crippen LogP contribution in [0.1, 0.15) is 51.4 Å². The van der Waals surface area contributed by atoms with Gasteiger partial charge in [0.15, 0.2) is 0 Å². The van der Waals surface area contributed by atoms with E-state index in [1.807, 2.05) is 0 Å². The second-order valence-corrected chi connectivity index (χ2v) is 6.06. The van der Waals surface area contributed by atoms with E-state index in [1.54, 1.807) is 14.1 Å². The summed E-state index contributed by atoms with van der Waals surface area (Å²) in [6.45, 7) is 0.197. The predicted molar refractivity (Wildman–Crippen MR) is 78.7 cm³/mol. The van der Waals surface area contributed by atoms with Gasteiger partial charge in [0.2, 0.25) is 11.8 Å². The number of rotatable bonds is 7. The minimum Gasteiger partial charge on any atom is -0.481 e. The molecule has 2 amide bonds. The van der Waals surface area contributed by atoms with Crippen LogP contribution in [0.3, 0.4) is 0 Å². The Hall–Kier alpha value is -1.59. The Morgan fingerprint density at radius 1 is 1.10 bits per heavy atom.